The van der Waals surface area contributed by atoms with E-state index in [9.17, 15) is 28.8 Å². The third-order valence-corrected chi connectivity index (χ3v) is 14.2. The van der Waals surface area contributed by atoms with Gasteiger partial charge in [0, 0.05) is 70.0 Å². The number of hydrogen-bond acceptors (Lipinski definition) is 11. The minimum Gasteiger partial charge on any atom is -0.457 e. The molecule has 17 heteroatoms. The number of fused-ring (bicyclic) bond motifs is 2. The fourth-order valence-electron chi connectivity index (χ4n) is 10.7. The molecule has 1 aromatic heterocycles. The second-order valence-electron chi connectivity index (χ2n) is 18.1. The first-order chi connectivity index (χ1) is 31.6. The van der Waals surface area contributed by atoms with E-state index in [1.807, 2.05) is 75.1 Å². The van der Waals surface area contributed by atoms with Gasteiger partial charge in [-0.1, -0.05) is 18.2 Å². The third-order valence-electron chi connectivity index (χ3n) is 14.2. The third kappa shape index (κ3) is 8.28. The van der Waals surface area contributed by atoms with Gasteiger partial charge in [0.25, 0.3) is 17.7 Å². The molecule has 0 aliphatic carbocycles. The number of para-hydroxylation sites is 1. The first-order valence-corrected chi connectivity index (χ1v) is 23.0. The van der Waals surface area contributed by atoms with Crippen LogP contribution in [0.1, 0.15) is 82.1 Å². The number of piperazine rings is 1. The van der Waals surface area contributed by atoms with Crippen molar-refractivity contribution in [3.05, 3.63) is 89.5 Å². The van der Waals surface area contributed by atoms with Crippen molar-refractivity contribution in [2.45, 2.75) is 57.0 Å². The maximum absolute atomic E-state index is 13.7. The Labute approximate surface area is 376 Å². The lowest BCUT2D eigenvalue weighted by atomic mass is 9.86. The van der Waals surface area contributed by atoms with E-state index < -0.39 is 35.6 Å². The number of nitrogens with one attached hydrogen (secondary N) is 2. The summed E-state index contributed by atoms with van der Waals surface area (Å²) in [6.45, 7) is 7.49. The van der Waals surface area contributed by atoms with Crippen molar-refractivity contribution >= 4 is 47.1 Å². The summed E-state index contributed by atoms with van der Waals surface area (Å²) in [7, 11) is 0. The van der Waals surface area contributed by atoms with E-state index >= 15 is 0 Å². The van der Waals surface area contributed by atoms with Crippen molar-refractivity contribution in [1.82, 2.24) is 34.7 Å². The Morgan fingerprint density at radius 1 is 0.738 bits per heavy atom. The number of likely N-dealkylation sites (tertiary alicyclic amines) is 2. The highest BCUT2D eigenvalue weighted by Gasteiger charge is 2.45. The monoisotopic (exact) mass is 882 g/mol. The van der Waals surface area contributed by atoms with Gasteiger partial charge in [-0.25, -0.2) is 9.48 Å². The molecule has 4 aromatic rings. The molecular weight excluding hydrogens is 829 g/mol. The van der Waals surface area contributed by atoms with Crippen LogP contribution in [-0.4, -0.2) is 136 Å². The van der Waals surface area contributed by atoms with Gasteiger partial charge in [-0.2, -0.15) is 5.10 Å². The van der Waals surface area contributed by atoms with Gasteiger partial charge in [0.1, 0.15) is 34.6 Å². The van der Waals surface area contributed by atoms with Crippen molar-refractivity contribution in [2.75, 3.05) is 75.7 Å². The maximum Gasteiger partial charge on any atom is 0.320 e. The predicted molar refractivity (Wildman–Crippen MR) is 241 cm³/mol. The molecule has 3 aromatic carbocycles. The first kappa shape index (κ1) is 42.2. The van der Waals surface area contributed by atoms with Crippen LogP contribution in [0.15, 0.2) is 72.8 Å². The summed E-state index contributed by atoms with van der Waals surface area (Å²) in [4.78, 5) is 86.8. The standard InChI is InChI=1S/C48H54N10O7/c49-43(60)41-42(32-6-9-35(10-7-32)65-34-4-2-1-3-5-34)52-58-38(14-19-50-44(41)58)31-17-20-53(21-18-31)29-30-15-22-55(23-16-30)48(64)56-26-24-54(25-27-56)33-8-11-36-37(28-33)47(63)57(46(36)62)39-12-13-40(59)51-45(39)61/h1-11,28,30-31,38-39,50H,12-27,29H2,(H2,49,60)(H,51,59,61). The molecule has 6 aliphatic rings. The first-order valence-electron chi connectivity index (χ1n) is 23.0. The second-order valence-corrected chi connectivity index (χ2v) is 18.1. The van der Waals surface area contributed by atoms with Gasteiger partial charge in [-0.3, -0.25) is 34.2 Å². The van der Waals surface area contributed by atoms with Crippen LogP contribution in [0.4, 0.5) is 16.3 Å². The number of benzene rings is 3. The number of amides is 7. The van der Waals surface area contributed by atoms with Gasteiger partial charge >= 0.3 is 6.03 Å². The van der Waals surface area contributed by atoms with Crippen LogP contribution >= 0.6 is 0 Å². The minimum atomic E-state index is -1.01. The highest BCUT2D eigenvalue weighted by molar-refractivity contribution is 6.23. The Kier molecular flexibility index (Phi) is 11.5. The fourth-order valence-corrected chi connectivity index (χ4v) is 10.7. The number of carbonyl (C=O) groups is 6. The Balaban J connectivity index is 0.689. The lowest BCUT2D eigenvalue weighted by molar-refractivity contribution is -0.136. The molecule has 0 bridgehead atoms. The smallest absolute Gasteiger partial charge is 0.320 e. The van der Waals surface area contributed by atoms with Crippen LogP contribution in [-0.2, 0) is 9.59 Å². The lowest BCUT2D eigenvalue weighted by Gasteiger charge is -2.42. The number of piperidine rings is 3. The number of imide groups is 2. The molecule has 17 nitrogen and oxygen atoms in total. The van der Waals surface area contributed by atoms with Gasteiger partial charge in [0.2, 0.25) is 11.8 Å². The number of nitrogens with zero attached hydrogens (tertiary/aromatic N) is 7. The van der Waals surface area contributed by atoms with Gasteiger partial charge in [-0.05, 0) is 118 Å². The number of rotatable bonds is 9. The number of carbonyl (C=O) groups excluding carboxylic acids is 6. The largest absolute Gasteiger partial charge is 0.457 e. The second kappa shape index (κ2) is 17.7. The van der Waals surface area contributed by atoms with Gasteiger partial charge < -0.3 is 35.4 Å². The molecule has 4 fully saturated rings. The van der Waals surface area contributed by atoms with Gasteiger partial charge in [0.15, 0.2) is 0 Å². The Bertz CT molecular complexity index is 2500. The molecular formula is C48H54N10O7. The highest BCUT2D eigenvalue weighted by atomic mass is 16.5. The van der Waals surface area contributed by atoms with E-state index in [2.05, 4.69) is 20.4 Å². The number of anilines is 2. The fraction of sp³-hybridized carbons (Fsp3) is 0.438. The summed E-state index contributed by atoms with van der Waals surface area (Å²) in [5.41, 5.74) is 9.10. The molecule has 4 N–H and O–H groups in total. The summed E-state index contributed by atoms with van der Waals surface area (Å²) in [5, 5.41) is 10.7. The normalized spacial score (nSPS) is 22.1. The lowest BCUT2D eigenvalue weighted by Crippen LogP contribution is -2.54. The number of hydrogen-bond donors (Lipinski definition) is 3. The zero-order valence-electron chi connectivity index (χ0n) is 36.3. The molecule has 7 amide bonds. The SMILES string of the molecule is NC(=O)c1c(-c2ccc(Oc3ccccc3)cc2)nn2c1NCCC2C1CCN(CC2CCN(C(=O)N3CCN(c4ccc5c(c4)C(=O)N(C4CCC(=O)NC4=O)C5=O)CC3)CC2)CC1. The minimum absolute atomic E-state index is 0.0650. The Morgan fingerprint density at radius 3 is 2.14 bits per heavy atom. The Morgan fingerprint density at radius 2 is 1.43 bits per heavy atom. The van der Waals surface area contributed by atoms with Crippen molar-refractivity contribution in [1.29, 1.82) is 0 Å². The quantitative estimate of drug-likeness (QED) is 0.200. The van der Waals surface area contributed by atoms with Crippen LogP contribution in [0.25, 0.3) is 11.3 Å². The van der Waals surface area contributed by atoms with Crippen LogP contribution in [0.3, 0.4) is 0 Å². The summed E-state index contributed by atoms with van der Waals surface area (Å²) >= 11 is 0. The van der Waals surface area contributed by atoms with E-state index in [1.54, 1.807) is 12.1 Å². The predicted octanol–water partition coefficient (Wildman–Crippen LogP) is 4.57. The van der Waals surface area contributed by atoms with Gasteiger partial charge in [0.05, 0.1) is 17.2 Å². The zero-order chi connectivity index (χ0) is 44.8. The molecule has 338 valence electrons. The molecule has 0 spiro atoms. The molecule has 10 rings (SSSR count). The highest BCUT2D eigenvalue weighted by Crippen LogP contribution is 2.41. The number of nitrogens with two attached hydrogens (primary N) is 1. The molecule has 7 heterocycles. The van der Waals surface area contributed by atoms with E-state index in [0.29, 0.717) is 60.8 Å². The summed E-state index contributed by atoms with van der Waals surface area (Å²) in [6.07, 6.45) is 5.12. The molecule has 4 saturated heterocycles. The van der Waals surface area contributed by atoms with Gasteiger partial charge in [-0.15, -0.1) is 0 Å². The van der Waals surface area contributed by atoms with Crippen LogP contribution in [0.5, 0.6) is 11.5 Å². The van der Waals surface area contributed by atoms with Crippen molar-refractivity contribution < 1.29 is 33.5 Å². The number of primary amides is 1. The summed E-state index contributed by atoms with van der Waals surface area (Å²) in [6, 6.07) is 21.6. The van der Waals surface area contributed by atoms with Crippen LogP contribution in [0, 0.1) is 11.8 Å². The molecule has 0 radical (unpaired) electrons. The van der Waals surface area contributed by atoms with E-state index in [0.717, 1.165) is 93.3 Å². The van der Waals surface area contributed by atoms with Crippen LogP contribution < -0.4 is 26.0 Å². The maximum atomic E-state index is 13.7. The molecule has 0 saturated carbocycles. The number of ether oxygens (including phenoxy) is 1. The van der Waals surface area contributed by atoms with E-state index in [1.165, 1.54) is 0 Å². The molecule has 2 unspecified atom stereocenters. The molecule has 6 aliphatic heterocycles. The zero-order valence-corrected chi connectivity index (χ0v) is 36.3. The summed E-state index contributed by atoms with van der Waals surface area (Å²) in [5.74, 6) is 0.494. The van der Waals surface area contributed by atoms with Crippen molar-refractivity contribution in [3.63, 3.8) is 0 Å². The number of aromatic nitrogens is 2. The topological polar surface area (TPSA) is 196 Å². The van der Waals surface area contributed by atoms with E-state index in [-0.39, 0.29) is 36.0 Å². The van der Waals surface area contributed by atoms with E-state index in [4.69, 9.17) is 15.6 Å². The van der Waals surface area contributed by atoms with Crippen molar-refractivity contribution in [2.24, 2.45) is 17.6 Å². The van der Waals surface area contributed by atoms with Crippen molar-refractivity contribution in [3.8, 4) is 22.8 Å². The molecule has 65 heavy (non-hydrogen) atoms. The molecule has 2 atom stereocenters. The average molecular weight is 883 g/mol. The summed E-state index contributed by atoms with van der Waals surface area (Å²) < 4.78 is 8.01. The Hall–Kier alpha value is -6.75. The van der Waals surface area contributed by atoms with Crippen LogP contribution in [0.2, 0.25) is 0 Å². The number of urea groups is 1. The average Bonchev–Trinajstić information content (AvgIpc) is 3.84.